The normalized spacial score (nSPS) is 16.1. The minimum atomic E-state index is -0.366. The lowest BCUT2D eigenvalue weighted by Gasteiger charge is -2.24. The molecule has 1 heterocycles. The van der Waals surface area contributed by atoms with E-state index >= 15 is 0 Å². The second kappa shape index (κ2) is 9.56. The molecular formula is C23H17Cl2N3O2S. The van der Waals surface area contributed by atoms with Crippen LogP contribution < -0.4 is 10.3 Å². The van der Waals surface area contributed by atoms with Gasteiger partial charge in [0.05, 0.1) is 17.0 Å². The largest absolute Gasteiger partial charge is 0.295 e. The number of hydrazone groups is 1. The molecule has 1 atom stereocenters. The van der Waals surface area contributed by atoms with E-state index in [2.05, 4.69) is 10.5 Å². The first kappa shape index (κ1) is 21.4. The standard InChI is InChI=1S/C23H17Cl2N3O2S/c24-18-9-6-17(20(25)12-18)13-26-27-22(30)15-7-10-19(11-8-15)28-21(29)14-31-23(28)16-4-2-1-3-5-16/h1-13,23H,14H2,(H,27,30)/b26-13-/t23-/m1/s1. The van der Waals surface area contributed by atoms with Crippen molar-refractivity contribution in [2.24, 2.45) is 5.10 Å². The van der Waals surface area contributed by atoms with Crippen LogP contribution in [0.5, 0.6) is 0 Å². The molecule has 0 aromatic heterocycles. The Morgan fingerprint density at radius 2 is 1.81 bits per heavy atom. The molecule has 3 aromatic rings. The van der Waals surface area contributed by atoms with Crippen LogP contribution in [-0.4, -0.2) is 23.8 Å². The molecule has 1 fully saturated rings. The molecule has 0 radical (unpaired) electrons. The van der Waals surface area contributed by atoms with Crippen LogP contribution in [0.2, 0.25) is 10.0 Å². The number of carbonyl (C=O) groups excluding carboxylic acids is 2. The fourth-order valence-corrected chi connectivity index (χ4v) is 4.81. The van der Waals surface area contributed by atoms with E-state index in [0.717, 1.165) is 11.3 Å². The first-order chi connectivity index (χ1) is 15.0. The first-order valence-corrected chi connectivity index (χ1v) is 11.2. The fourth-order valence-electron chi connectivity index (χ4n) is 3.17. The van der Waals surface area contributed by atoms with Crippen LogP contribution in [0.3, 0.4) is 0 Å². The van der Waals surface area contributed by atoms with Crippen molar-refractivity contribution in [1.82, 2.24) is 5.43 Å². The molecule has 8 heteroatoms. The molecule has 0 unspecified atom stereocenters. The summed E-state index contributed by atoms with van der Waals surface area (Å²) >= 11 is 13.5. The van der Waals surface area contributed by atoms with Gasteiger partial charge >= 0.3 is 0 Å². The Labute approximate surface area is 194 Å². The van der Waals surface area contributed by atoms with Crippen molar-refractivity contribution >= 4 is 58.7 Å². The summed E-state index contributed by atoms with van der Waals surface area (Å²) in [5, 5.41) is 4.84. The van der Waals surface area contributed by atoms with Gasteiger partial charge in [-0.2, -0.15) is 5.10 Å². The Morgan fingerprint density at radius 3 is 2.52 bits per heavy atom. The summed E-state index contributed by atoms with van der Waals surface area (Å²) in [7, 11) is 0. The zero-order chi connectivity index (χ0) is 21.8. The number of carbonyl (C=O) groups is 2. The van der Waals surface area contributed by atoms with Crippen molar-refractivity contribution in [1.29, 1.82) is 0 Å². The third kappa shape index (κ3) is 4.93. The second-order valence-electron chi connectivity index (χ2n) is 6.75. The maximum absolute atomic E-state index is 12.5. The average molecular weight is 470 g/mol. The highest BCUT2D eigenvalue weighted by molar-refractivity contribution is 8.00. The number of hydrogen-bond acceptors (Lipinski definition) is 4. The zero-order valence-corrected chi connectivity index (χ0v) is 18.5. The Balaban J connectivity index is 1.45. The summed E-state index contributed by atoms with van der Waals surface area (Å²) in [6.45, 7) is 0. The lowest BCUT2D eigenvalue weighted by atomic mass is 10.1. The number of nitrogens with zero attached hydrogens (tertiary/aromatic N) is 2. The van der Waals surface area contributed by atoms with E-state index in [9.17, 15) is 9.59 Å². The second-order valence-corrected chi connectivity index (χ2v) is 8.66. The lowest BCUT2D eigenvalue weighted by molar-refractivity contribution is -0.115. The van der Waals surface area contributed by atoms with E-state index < -0.39 is 0 Å². The number of anilines is 1. The number of nitrogens with one attached hydrogen (secondary N) is 1. The summed E-state index contributed by atoms with van der Waals surface area (Å²) < 4.78 is 0. The van der Waals surface area contributed by atoms with Crippen LogP contribution in [0.15, 0.2) is 77.9 Å². The highest BCUT2D eigenvalue weighted by Crippen LogP contribution is 2.41. The molecule has 31 heavy (non-hydrogen) atoms. The number of benzene rings is 3. The topological polar surface area (TPSA) is 61.8 Å². The van der Waals surface area contributed by atoms with Crippen LogP contribution in [0, 0.1) is 0 Å². The molecule has 3 aromatic carbocycles. The average Bonchev–Trinajstić information content (AvgIpc) is 3.17. The summed E-state index contributed by atoms with van der Waals surface area (Å²) in [6, 6.07) is 21.8. The molecule has 0 aliphatic carbocycles. The van der Waals surface area contributed by atoms with Crippen molar-refractivity contribution in [2.75, 3.05) is 10.7 Å². The molecule has 1 aliphatic heterocycles. The Morgan fingerprint density at radius 1 is 1.06 bits per heavy atom. The SMILES string of the molecule is O=C(N/N=C\c1ccc(Cl)cc1Cl)c1ccc(N2C(=O)CS[C@@H]2c2ccccc2)cc1. The van der Waals surface area contributed by atoms with Crippen molar-refractivity contribution in [3.05, 3.63) is 99.5 Å². The molecule has 156 valence electrons. The molecular weight excluding hydrogens is 453 g/mol. The van der Waals surface area contributed by atoms with Gasteiger partial charge in [0.1, 0.15) is 5.37 Å². The maximum atomic E-state index is 12.5. The Kier molecular flexibility index (Phi) is 6.61. The molecule has 2 amide bonds. The third-order valence-corrected chi connectivity index (χ3v) is 6.47. The predicted octanol–water partition coefficient (Wildman–Crippen LogP) is 5.54. The van der Waals surface area contributed by atoms with Crippen LogP contribution in [-0.2, 0) is 4.79 Å². The van der Waals surface area contributed by atoms with E-state index in [1.165, 1.54) is 6.21 Å². The molecule has 1 N–H and O–H groups in total. The molecule has 0 bridgehead atoms. The number of rotatable bonds is 5. The van der Waals surface area contributed by atoms with Crippen molar-refractivity contribution in [2.45, 2.75) is 5.37 Å². The molecule has 4 rings (SSSR count). The number of hydrogen-bond donors (Lipinski definition) is 1. The number of amides is 2. The van der Waals surface area contributed by atoms with E-state index in [1.807, 2.05) is 30.3 Å². The lowest BCUT2D eigenvalue weighted by Crippen LogP contribution is -2.28. The van der Waals surface area contributed by atoms with Gasteiger partial charge in [-0.3, -0.25) is 14.5 Å². The maximum Gasteiger partial charge on any atom is 0.271 e. The molecule has 1 saturated heterocycles. The highest BCUT2D eigenvalue weighted by atomic mass is 35.5. The molecule has 0 spiro atoms. The van der Waals surface area contributed by atoms with Gasteiger partial charge in [0.15, 0.2) is 0 Å². The van der Waals surface area contributed by atoms with E-state index in [1.54, 1.807) is 59.1 Å². The van der Waals surface area contributed by atoms with E-state index in [0.29, 0.717) is 26.9 Å². The first-order valence-electron chi connectivity index (χ1n) is 9.40. The minimum Gasteiger partial charge on any atom is -0.295 e. The van der Waals surface area contributed by atoms with Crippen LogP contribution in [0.25, 0.3) is 0 Å². The predicted molar refractivity (Wildman–Crippen MR) is 127 cm³/mol. The van der Waals surface area contributed by atoms with Gasteiger partial charge in [0, 0.05) is 21.8 Å². The number of thioether (sulfide) groups is 1. The van der Waals surface area contributed by atoms with Crippen LogP contribution in [0.1, 0.15) is 26.9 Å². The smallest absolute Gasteiger partial charge is 0.271 e. The summed E-state index contributed by atoms with van der Waals surface area (Å²) in [5.74, 6) is 0.0964. The third-order valence-electron chi connectivity index (χ3n) is 4.69. The van der Waals surface area contributed by atoms with Gasteiger partial charge in [0.2, 0.25) is 5.91 Å². The van der Waals surface area contributed by atoms with Gasteiger partial charge in [-0.15, -0.1) is 11.8 Å². The summed E-state index contributed by atoms with van der Waals surface area (Å²) in [5.41, 5.74) is 5.36. The van der Waals surface area contributed by atoms with Gasteiger partial charge in [-0.1, -0.05) is 59.6 Å². The zero-order valence-electron chi connectivity index (χ0n) is 16.2. The Hall–Kier alpha value is -2.80. The van der Waals surface area contributed by atoms with Crippen LogP contribution in [0.4, 0.5) is 5.69 Å². The van der Waals surface area contributed by atoms with Gasteiger partial charge in [0.25, 0.3) is 5.91 Å². The Bertz CT molecular complexity index is 1140. The van der Waals surface area contributed by atoms with Crippen LogP contribution >= 0.6 is 35.0 Å². The van der Waals surface area contributed by atoms with E-state index in [-0.39, 0.29) is 17.2 Å². The van der Waals surface area contributed by atoms with E-state index in [4.69, 9.17) is 23.2 Å². The highest BCUT2D eigenvalue weighted by Gasteiger charge is 2.33. The summed E-state index contributed by atoms with van der Waals surface area (Å²) in [6.07, 6.45) is 1.45. The minimum absolute atomic E-state index is 0.0421. The van der Waals surface area contributed by atoms with Crippen molar-refractivity contribution < 1.29 is 9.59 Å². The number of halogens is 2. The molecule has 5 nitrogen and oxygen atoms in total. The summed E-state index contributed by atoms with van der Waals surface area (Å²) in [4.78, 5) is 26.6. The quantitative estimate of drug-likeness (QED) is 0.394. The van der Waals surface area contributed by atoms with Gasteiger partial charge in [-0.25, -0.2) is 5.43 Å². The van der Waals surface area contributed by atoms with Crippen molar-refractivity contribution in [3.8, 4) is 0 Å². The van der Waals surface area contributed by atoms with Gasteiger partial charge in [-0.05, 0) is 42.0 Å². The monoisotopic (exact) mass is 469 g/mol. The molecule has 1 aliphatic rings. The molecule has 0 saturated carbocycles. The van der Waals surface area contributed by atoms with Crippen molar-refractivity contribution in [3.63, 3.8) is 0 Å². The fraction of sp³-hybridized carbons (Fsp3) is 0.0870. The van der Waals surface area contributed by atoms with Gasteiger partial charge < -0.3 is 0 Å².